The summed E-state index contributed by atoms with van der Waals surface area (Å²) in [4.78, 5) is 0. The van der Waals surface area contributed by atoms with Crippen LogP contribution >= 0.6 is 0 Å². The van der Waals surface area contributed by atoms with Crippen LogP contribution in [0.2, 0.25) is 0 Å². The van der Waals surface area contributed by atoms with Gasteiger partial charge in [-0.05, 0) is 98.0 Å². The molecule has 0 bridgehead atoms. The summed E-state index contributed by atoms with van der Waals surface area (Å²) in [6, 6.07) is 0. The number of fused-ring (bicyclic) bond motifs is 5. The van der Waals surface area contributed by atoms with Crippen LogP contribution in [0, 0.1) is 45.8 Å². The third kappa shape index (κ3) is 2.21. The third-order valence-electron chi connectivity index (χ3n) is 9.05. The van der Waals surface area contributed by atoms with E-state index in [0.717, 1.165) is 30.6 Å². The van der Waals surface area contributed by atoms with Gasteiger partial charge in [-0.25, -0.2) is 0 Å². The van der Waals surface area contributed by atoms with Crippen molar-refractivity contribution >= 4 is 6.21 Å². The number of nitrogens with one attached hydrogen (secondary N) is 1. The predicted molar refractivity (Wildman–Crippen MR) is 99.1 cm³/mol. The topological polar surface area (TPSA) is 44.1 Å². The SMILES string of the molecule is C[C@H](C=N)[C@H]1CCC2[C@@H]3CC=C4C[C@@H](O)CC[C@]4(C)[C@H]3CC[C@@]21C. The third-order valence-corrected chi connectivity index (χ3v) is 9.05. The zero-order valence-corrected chi connectivity index (χ0v) is 15.7. The largest absolute Gasteiger partial charge is 0.393 e. The summed E-state index contributed by atoms with van der Waals surface area (Å²) in [6.07, 6.45) is 13.9. The van der Waals surface area contributed by atoms with Crippen LogP contribution in [0.25, 0.3) is 0 Å². The molecular formula is C22H35NO. The Kier molecular flexibility index (Phi) is 3.99. The van der Waals surface area contributed by atoms with Gasteiger partial charge in [-0.3, -0.25) is 0 Å². The molecular weight excluding hydrogens is 294 g/mol. The van der Waals surface area contributed by atoms with Crippen LogP contribution in [0.5, 0.6) is 0 Å². The first-order valence-corrected chi connectivity index (χ1v) is 10.3. The lowest BCUT2D eigenvalue weighted by atomic mass is 9.47. The van der Waals surface area contributed by atoms with Gasteiger partial charge in [0.15, 0.2) is 0 Å². The standard InChI is InChI=1S/C22H35NO/c1-14(13-23)18-6-7-19-17-5-4-15-12-16(24)8-10-21(15,2)20(17)9-11-22(18,19)3/h4,13-14,16-20,23-24H,5-12H2,1-3H3/t14-,16+,17+,18-,19?,20+,21+,22-/m1/s1. The fourth-order valence-electron chi connectivity index (χ4n) is 7.66. The van der Waals surface area contributed by atoms with Gasteiger partial charge in [0.2, 0.25) is 0 Å². The van der Waals surface area contributed by atoms with Gasteiger partial charge in [-0.15, -0.1) is 0 Å². The molecule has 4 aliphatic rings. The molecule has 134 valence electrons. The molecule has 3 fully saturated rings. The highest BCUT2D eigenvalue weighted by Gasteiger charge is 2.58. The summed E-state index contributed by atoms with van der Waals surface area (Å²) in [5.74, 6) is 3.68. The van der Waals surface area contributed by atoms with E-state index in [1.165, 1.54) is 38.5 Å². The van der Waals surface area contributed by atoms with Crippen LogP contribution in [-0.2, 0) is 0 Å². The summed E-state index contributed by atoms with van der Waals surface area (Å²) in [7, 11) is 0. The minimum Gasteiger partial charge on any atom is -0.393 e. The Labute approximate surface area is 147 Å². The molecule has 4 aliphatic carbocycles. The lowest BCUT2D eigenvalue weighted by molar-refractivity contribution is -0.0529. The van der Waals surface area contributed by atoms with Gasteiger partial charge in [0, 0.05) is 0 Å². The highest BCUT2D eigenvalue weighted by molar-refractivity contribution is 5.57. The van der Waals surface area contributed by atoms with Crippen molar-refractivity contribution in [3.8, 4) is 0 Å². The maximum atomic E-state index is 10.1. The monoisotopic (exact) mass is 329 g/mol. The number of aliphatic hydroxyl groups excluding tert-OH is 1. The van der Waals surface area contributed by atoms with Crippen LogP contribution in [0.4, 0.5) is 0 Å². The van der Waals surface area contributed by atoms with E-state index < -0.39 is 0 Å². The first-order valence-electron chi connectivity index (χ1n) is 10.3. The Hall–Kier alpha value is -0.630. The first-order chi connectivity index (χ1) is 11.4. The molecule has 0 radical (unpaired) electrons. The van der Waals surface area contributed by atoms with E-state index in [-0.39, 0.29) is 6.10 Å². The Morgan fingerprint density at radius 2 is 1.96 bits per heavy atom. The fraction of sp³-hybridized carbons (Fsp3) is 0.864. The van der Waals surface area contributed by atoms with E-state index in [4.69, 9.17) is 5.41 Å². The first kappa shape index (κ1) is 16.8. The normalized spacial score (nSPS) is 51.8. The van der Waals surface area contributed by atoms with Gasteiger partial charge < -0.3 is 10.5 Å². The maximum absolute atomic E-state index is 10.1. The zero-order chi connectivity index (χ0) is 17.1. The predicted octanol–water partition coefficient (Wildman–Crippen LogP) is 5.21. The molecule has 2 heteroatoms. The molecule has 3 saturated carbocycles. The Bertz CT molecular complexity index is 554. The number of hydrogen-bond donors (Lipinski definition) is 2. The average Bonchev–Trinajstić information content (AvgIpc) is 2.92. The summed E-state index contributed by atoms with van der Waals surface area (Å²) < 4.78 is 0. The van der Waals surface area contributed by atoms with Crippen molar-refractivity contribution in [2.75, 3.05) is 0 Å². The van der Waals surface area contributed by atoms with E-state index in [9.17, 15) is 5.11 Å². The molecule has 0 saturated heterocycles. The van der Waals surface area contributed by atoms with Gasteiger partial charge in [0.1, 0.15) is 0 Å². The van der Waals surface area contributed by atoms with Crippen molar-refractivity contribution < 1.29 is 5.11 Å². The van der Waals surface area contributed by atoms with Crippen LogP contribution in [0.1, 0.15) is 72.1 Å². The van der Waals surface area contributed by atoms with Crippen LogP contribution < -0.4 is 0 Å². The number of aliphatic hydroxyl groups is 1. The molecule has 0 spiro atoms. The van der Waals surface area contributed by atoms with Crippen molar-refractivity contribution in [3.05, 3.63) is 11.6 Å². The summed E-state index contributed by atoms with van der Waals surface area (Å²) >= 11 is 0. The van der Waals surface area contributed by atoms with E-state index in [0.29, 0.717) is 22.7 Å². The molecule has 0 amide bonds. The quantitative estimate of drug-likeness (QED) is 0.530. The van der Waals surface area contributed by atoms with E-state index in [1.54, 1.807) is 11.8 Å². The number of rotatable bonds is 2. The molecule has 24 heavy (non-hydrogen) atoms. The molecule has 4 rings (SSSR count). The summed E-state index contributed by atoms with van der Waals surface area (Å²) in [6.45, 7) is 7.33. The zero-order valence-electron chi connectivity index (χ0n) is 15.7. The molecule has 0 aromatic heterocycles. The van der Waals surface area contributed by atoms with Gasteiger partial charge in [0.25, 0.3) is 0 Å². The number of hydrogen-bond acceptors (Lipinski definition) is 2. The second-order valence-corrected chi connectivity index (χ2v) is 9.91. The number of allylic oxidation sites excluding steroid dienone is 1. The summed E-state index contributed by atoms with van der Waals surface area (Å²) in [5, 5.41) is 17.9. The molecule has 0 aromatic rings. The minimum absolute atomic E-state index is 0.0981. The lowest BCUT2D eigenvalue weighted by Gasteiger charge is -2.58. The van der Waals surface area contributed by atoms with Crippen molar-refractivity contribution in [1.29, 1.82) is 5.41 Å². The van der Waals surface area contributed by atoms with Crippen molar-refractivity contribution in [2.45, 2.75) is 78.2 Å². The van der Waals surface area contributed by atoms with E-state index in [1.807, 2.05) is 0 Å². The van der Waals surface area contributed by atoms with Crippen LogP contribution in [0.15, 0.2) is 11.6 Å². The Balaban J connectivity index is 1.64. The lowest BCUT2D eigenvalue weighted by Crippen LogP contribution is -2.50. The molecule has 8 atom stereocenters. The van der Waals surface area contributed by atoms with Gasteiger partial charge in [0.05, 0.1) is 6.10 Å². The van der Waals surface area contributed by atoms with E-state index >= 15 is 0 Å². The molecule has 1 unspecified atom stereocenters. The van der Waals surface area contributed by atoms with Crippen molar-refractivity contribution in [1.82, 2.24) is 0 Å². The minimum atomic E-state index is -0.0981. The molecule has 0 aromatic carbocycles. The smallest absolute Gasteiger partial charge is 0.0577 e. The van der Waals surface area contributed by atoms with E-state index in [2.05, 4.69) is 26.8 Å². The van der Waals surface area contributed by atoms with Crippen molar-refractivity contribution in [2.24, 2.45) is 40.4 Å². The molecule has 0 heterocycles. The van der Waals surface area contributed by atoms with Crippen LogP contribution in [0.3, 0.4) is 0 Å². The Morgan fingerprint density at radius 1 is 1.17 bits per heavy atom. The van der Waals surface area contributed by atoms with Crippen molar-refractivity contribution in [3.63, 3.8) is 0 Å². The highest BCUT2D eigenvalue weighted by Crippen LogP contribution is 2.66. The second-order valence-electron chi connectivity index (χ2n) is 9.91. The highest BCUT2D eigenvalue weighted by atomic mass is 16.3. The molecule has 2 N–H and O–H groups in total. The molecule has 2 nitrogen and oxygen atoms in total. The fourth-order valence-corrected chi connectivity index (χ4v) is 7.66. The molecule has 0 aliphatic heterocycles. The summed E-state index contributed by atoms with van der Waals surface area (Å²) in [5.41, 5.74) is 2.39. The average molecular weight is 330 g/mol. The van der Waals surface area contributed by atoms with Gasteiger partial charge >= 0.3 is 0 Å². The Morgan fingerprint density at radius 3 is 2.71 bits per heavy atom. The van der Waals surface area contributed by atoms with Gasteiger partial charge in [-0.1, -0.05) is 32.4 Å². The maximum Gasteiger partial charge on any atom is 0.0577 e. The second kappa shape index (κ2) is 5.69. The van der Waals surface area contributed by atoms with Gasteiger partial charge in [-0.2, -0.15) is 0 Å². The van der Waals surface area contributed by atoms with Crippen LogP contribution in [-0.4, -0.2) is 17.4 Å².